The molecule has 0 heterocycles. The van der Waals surface area contributed by atoms with E-state index >= 15 is 0 Å². The van der Waals surface area contributed by atoms with Gasteiger partial charge in [0.05, 0.1) is 4.92 Å². The molecule has 0 spiro atoms. The third kappa shape index (κ3) is 6.71. The smallest absolute Gasteiger partial charge is 0.292 e. The molecule has 0 unspecified atom stereocenters. The van der Waals surface area contributed by atoms with E-state index in [1.165, 1.54) is 6.07 Å². The molecule has 1 aromatic carbocycles. The maximum Gasteiger partial charge on any atom is 0.292 e. The van der Waals surface area contributed by atoms with Crippen LogP contribution in [0.25, 0.3) is 0 Å². The molecule has 0 saturated carbocycles. The van der Waals surface area contributed by atoms with Crippen molar-refractivity contribution in [3.05, 3.63) is 34.4 Å². The van der Waals surface area contributed by atoms with Crippen molar-refractivity contribution in [1.29, 1.82) is 0 Å². The molecule has 2 N–H and O–H groups in total. The minimum absolute atomic E-state index is 0.00891. The Morgan fingerprint density at radius 1 is 1.33 bits per heavy atom. The van der Waals surface area contributed by atoms with Crippen molar-refractivity contribution in [3.63, 3.8) is 0 Å². The van der Waals surface area contributed by atoms with Crippen LogP contribution in [0.2, 0.25) is 0 Å². The number of rotatable bonds is 10. The summed E-state index contributed by atoms with van der Waals surface area (Å²) in [5.74, 6) is -0.0856. The van der Waals surface area contributed by atoms with Crippen molar-refractivity contribution < 1.29 is 14.5 Å². The summed E-state index contributed by atoms with van der Waals surface area (Å²) < 4.78 is 5.16. The fourth-order valence-corrected chi connectivity index (χ4v) is 1.73. The number of nitrogens with zero attached hydrogens (tertiary/aromatic N) is 1. The van der Waals surface area contributed by atoms with Gasteiger partial charge in [0.1, 0.15) is 5.69 Å². The van der Waals surface area contributed by atoms with Gasteiger partial charge in [-0.3, -0.25) is 14.9 Å². The van der Waals surface area contributed by atoms with E-state index in [4.69, 9.17) is 4.74 Å². The highest BCUT2D eigenvalue weighted by atomic mass is 16.6. The van der Waals surface area contributed by atoms with Crippen LogP contribution in [0.1, 0.15) is 19.8 Å². The number of nitro benzene ring substituents is 1. The van der Waals surface area contributed by atoms with Crippen LogP contribution in [0.3, 0.4) is 0 Å². The molecule has 0 aliphatic heterocycles. The van der Waals surface area contributed by atoms with Crippen molar-refractivity contribution in [2.45, 2.75) is 19.8 Å². The molecule has 0 bridgehead atoms. The Morgan fingerprint density at radius 3 is 2.81 bits per heavy atom. The summed E-state index contributed by atoms with van der Waals surface area (Å²) in [5.41, 5.74) is 0.432. The van der Waals surface area contributed by atoms with E-state index in [-0.39, 0.29) is 18.0 Å². The molecule has 7 nitrogen and oxygen atoms in total. The second kappa shape index (κ2) is 9.71. The number of para-hydroxylation sites is 2. The van der Waals surface area contributed by atoms with Crippen molar-refractivity contribution in [3.8, 4) is 0 Å². The van der Waals surface area contributed by atoms with Gasteiger partial charge in [-0.05, 0) is 19.4 Å². The quantitative estimate of drug-likeness (QED) is 0.391. The Morgan fingerprint density at radius 2 is 2.10 bits per heavy atom. The number of hydrogen-bond acceptors (Lipinski definition) is 5. The Labute approximate surface area is 123 Å². The van der Waals surface area contributed by atoms with Gasteiger partial charge >= 0.3 is 0 Å². The predicted octanol–water partition coefficient (Wildman–Crippen LogP) is 1.94. The van der Waals surface area contributed by atoms with Gasteiger partial charge in [0.25, 0.3) is 5.69 Å². The lowest BCUT2D eigenvalue weighted by Gasteiger charge is -2.08. The van der Waals surface area contributed by atoms with Crippen LogP contribution in [0.5, 0.6) is 0 Å². The van der Waals surface area contributed by atoms with E-state index < -0.39 is 4.92 Å². The zero-order valence-electron chi connectivity index (χ0n) is 12.1. The lowest BCUT2D eigenvalue weighted by molar-refractivity contribution is -0.384. The topological polar surface area (TPSA) is 93.5 Å². The highest BCUT2D eigenvalue weighted by molar-refractivity contribution is 5.76. The normalized spacial score (nSPS) is 10.1. The van der Waals surface area contributed by atoms with Crippen molar-refractivity contribution in [1.82, 2.24) is 5.32 Å². The summed E-state index contributed by atoms with van der Waals surface area (Å²) in [4.78, 5) is 21.9. The van der Waals surface area contributed by atoms with E-state index in [9.17, 15) is 14.9 Å². The summed E-state index contributed by atoms with van der Waals surface area (Å²) in [6, 6.07) is 6.37. The molecule has 7 heteroatoms. The minimum Gasteiger partial charge on any atom is -0.382 e. The lowest BCUT2D eigenvalue weighted by Crippen LogP contribution is -2.27. The number of benzene rings is 1. The zero-order valence-corrected chi connectivity index (χ0v) is 12.1. The molecule has 0 aliphatic carbocycles. The van der Waals surface area contributed by atoms with Crippen LogP contribution >= 0.6 is 0 Å². The molecule has 1 amide bonds. The first-order valence-corrected chi connectivity index (χ1v) is 6.97. The Bertz CT molecular complexity index is 465. The van der Waals surface area contributed by atoms with Gasteiger partial charge in [-0.25, -0.2) is 0 Å². The predicted molar refractivity (Wildman–Crippen MR) is 80.3 cm³/mol. The molecule has 0 fully saturated rings. The van der Waals surface area contributed by atoms with E-state index in [2.05, 4.69) is 10.6 Å². The molecule has 1 rings (SSSR count). The lowest BCUT2D eigenvalue weighted by atomic mass is 10.2. The summed E-state index contributed by atoms with van der Waals surface area (Å²) in [6.07, 6.45) is 1.04. The van der Waals surface area contributed by atoms with Gasteiger partial charge in [0.2, 0.25) is 5.91 Å². The Balaban J connectivity index is 2.24. The number of amides is 1. The molecular formula is C14H21N3O4. The number of nitro groups is 1. The molecule has 1 aromatic rings. The summed E-state index contributed by atoms with van der Waals surface area (Å²) in [7, 11) is 0. The highest BCUT2D eigenvalue weighted by Gasteiger charge is 2.11. The standard InChI is InChI=1S/C14H21N3O4/c1-2-21-11-5-9-16-14(18)8-10-15-12-6-3-4-7-13(12)17(19)20/h3-4,6-7,15H,2,5,8-11H2,1H3,(H,16,18). The second-order valence-corrected chi connectivity index (χ2v) is 4.35. The first-order chi connectivity index (χ1) is 10.1. The van der Waals surface area contributed by atoms with Crippen molar-refractivity contribution in [2.24, 2.45) is 0 Å². The maximum atomic E-state index is 11.6. The summed E-state index contributed by atoms with van der Waals surface area (Å²) >= 11 is 0. The Kier molecular flexibility index (Phi) is 7.81. The van der Waals surface area contributed by atoms with Gasteiger partial charge in [-0.1, -0.05) is 12.1 Å². The van der Waals surface area contributed by atoms with Crippen LogP contribution in [0.15, 0.2) is 24.3 Å². The molecule has 0 radical (unpaired) electrons. The van der Waals surface area contributed by atoms with Crippen LogP contribution in [-0.4, -0.2) is 37.1 Å². The third-order valence-corrected chi connectivity index (χ3v) is 2.76. The SMILES string of the molecule is CCOCCCNC(=O)CCNc1ccccc1[N+](=O)[O-]. The van der Waals surface area contributed by atoms with Crippen LogP contribution in [0.4, 0.5) is 11.4 Å². The number of nitrogens with one attached hydrogen (secondary N) is 2. The van der Waals surface area contributed by atoms with Gasteiger partial charge in [-0.15, -0.1) is 0 Å². The summed E-state index contributed by atoms with van der Waals surface area (Å²) in [6.45, 7) is 4.15. The molecule has 0 aliphatic rings. The first-order valence-electron chi connectivity index (χ1n) is 6.97. The zero-order chi connectivity index (χ0) is 15.5. The molecule has 0 saturated heterocycles. The largest absolute Gasteiger partial charge is 0.382 e. The van der Waals surface area contributed by atoms with Gasteiger partial charge in [0, 0.05) is 38.8 Å². The Hall–Kier alpha value is -2.15. The van der Waals surface area contributed by atoms with Crippen LogP contribution in [-0.2, 0) is 9.53 Å². The fraction of sp³-hybridized carbons (Fsp3) is 0.500. The van der Waals surface area contributed by atoms with E-state index in [1.807, 2.05) is 6.92 Å². The average molecular weight is 295 g/mol. The molecule has 0 atom stereocenters. The molecule has 21 heavy (non-hydrogen) atoms. The highest BCUT2D eigenvalue weighted by Crippen LogP contribution is 2.22. The van der Waals surface area contributed by atoms with E-state index in [1.54, 1.807) is 18.2 Å². The number of ether oxygens (including phenoxy) is 1. The molecule has 0 aromatic heterocycles. The monoisotopic (exact) mass is 295 g/mol. The second-order valence-electron chi connectivity index (χ2n) is 4.35. The number of hydrogen-bond donors (Lipinski definition) is 2. The number of carbonyl (C=O) groups is 1. The van der Waals surface area contributed by atoms with Gasteiger partial charge < -0.3 is 15.4 Å². The number of carbonyl (C=O) groups excluding carboxylic acids is 1. The van der Waals surface area contributed by atoms with Gasteiger partial charge in [0.15, 0.2) is 0 Å². The molecular weight excluding hydrogens is 274 g/mol. The third-order valence-electron chi connectivity index (χ3n) is 2.76. The van der Waals surface area contributed by atoms with E-state index in [0.717, 1.165) is 6.42 Å². The molecule has 116 valence electrons. The fourth-order valence-electron chi connectivity index (χ4n) is 1.73. The van der Waals surface area contributed by atoms with Crippen LogP contribution < -0.4 is 10.6 Å². The minimum atomic E-state index is -0.448. The van der Waals surface area contributed by atoms with Crippen LogP contribution in [0, 0.1) is 10.1 Å². The van der Waals surface area contributed by atoms with Crippen molar-refractivity contribution in [2.75, 3.05) is 31.6 Å². The number of anilines is 1. The first kappa shape index (κ1) is 16.9. The van der Waals surface area contributed by atoms with E-state index in [0.29, 0.717) is 32.0 Å². The maximum absolute atomic E-state index is 11.6. The van der Waals surface area contributed by atoms with Gasteiger partial charge in [-0.2, -0.15) is 0 Å². The average Bonchev–Trinajstić information content (AvgIpc) is 2.47. The van der Waals surface area contributed by atoms with Crippen molar-refractivity contribution >= 4 is 17.3 Å². The summed E-state index contributed by atoms with van der Waals surface area (Å²) in [5, 5.41) is 16.5.